The zero-order valence-electron chi connectivity index (χ0n) is 11.5. The molecule has 2 aromatic rings. The quantitative estimate of drug-likeness (QED) is 0.854. The maximum Gasteiger partial charge on any atom is 0.305 e. The van der Waals surface area contributed by atoms with Crippen molar-refractivity contribution in [3.05, 3.63) is 35.9 Å². The summed E-state index contributed by atoms with van der Waals surface area (Å²) in [5.74, 6) is -0.0593. The summed E-state index contributed by atoms with van der Waals surface area (Å²) in [7, 11) is 0. The summed E-state index contributed by atoms with van der Waals surface area (Å²) in [4.78, 5) is 15.0. The molecular weight excluding hydrogens is 258 g/mol. The number of aliphatic carboxylic acids is 1. The second kappa shape index (κ2) is 6.23. The lowest BCUT2D eigenvalue weighted by Crippen LogP contribution is -2.22. The molecule has 0 saturated heterocycles. The summed E-state index contributed by atoms with van der Waals surface area (Å²) in [6, 6.07) is 3.53. The minimum absolute atomic E-state index is 0.00600. The lowest BCUT2D eigenvalue weighted by Gasteiger charge is -2.20. The minimum atomic E-state index is -0.853. The van der Waals surface area contributed by atoms with Gasteiger partial charge in [-0.15, -0.1) is 5.10 Å². The summed E-state index contributed by atoms with van der Waals surface area (Å²) < 4.78 is 1.62. The van der Waals surface area contributed by atoms with Crippen molar-refractivity contribution in [1.82, 2.24) is 25.2 Å². The number of tetrazole rings is 1. The van der Waals surface area contributed by atoms with Crippen LogP contribution < -0.4 is 0 Å². The highest BCUT2D eigenvalue weighted by molar-refractivity contribution is 5.67. The topological polar surface area (TPSA) is 93.8 Å². The number of carboxylic acid groups (broad SMARTS) is 1. The van der Waals surface area contributed by atoms with Crippen LogP contribution in [0.1, 0.15) is 37.7 Å². The molecule has 0 amide bonds. The predicted octanol–water partition coefficient (Wildman–Crippen LogP) is 1.33. The van der Waals surface area contributed by atoms with Gasteiger partial charge >= 0.3 is 5.97 Å². The van der Waals surface area contributed by atoms with Gasteiger partial charge in [0, 0.05) is 18.8 Å². The van der Waals surface area contributed by atoms with Crippen molar-refractivity contribution in [2.24, 2.45) is 5.92 Å². The van der Waals surface area contributed by atoms with Crippen molar-refractivity contribution in [3.8, 4) is 0 Å². The SMILES string of the molecule is CC(C)C(CC(=O)O)n1nnnc1Cc1ccncc1. The maximum absolute atomic E-state index is 11.0. The van der Waals surface area contributed by atoms with Crippen LogP contribution in [-0.2, 0) is 11.2 Å². The first-order chi connectivity index (χ1) is 9.58. The second-order valence-electron chi connectivity index (χ2n) is 4.98. The van der Waals surface area contributed by atoms with Crippen molar-refractivity contribution in [2.45, 2.75) is 32.7 Å². The minimum Gasteiger partial charge on any atom is -0.481 e. The lowest BCUT2D eigenvalue weighted by molar-refractivity contribution is -0.138. The summed E-state index contributed by atoms with van der Waals surface area (Å²) in [6.45, 7) is 3.93. The van der Waals surface area contributed by atoms with Crippen LogP contribution in [0.2, 0.25) is 0 Å². The van der Waals surface area contributed by atoms with Crippen LogP contribution in [0.5, 0.6) is 0 Å². The Balaban J connectivity index is 2.24. The van der Waals surface area contributed by atoms with E-state index in [0.717, 1.165) is 5.56 Å². The number of hydrogen-bond donors (Lipinski definition) is 1. The van der Waals surface area contributed by atoms with Gasteiger partial charge in [-0.25, -0.2) is 4.68 Å². The van der Waals surface area contributed by atoms with E-state index in [4.69, 9.17) is 5.11 Å². The van der Waals surface area contributed by atoms with E-state index in [1.807, 2.05) is 26.0 Å². The molecule has 2 aromatic heterocycles. The third-order valence-corrected chi connectivity index (χ3v) is 3.14. The first kappa shape index (κ1) is 14.1. The Morgan fingerprint density at radius 3 is 2.65 bits per heavy atom. The van der Waals surface area contributed by atoms with Crippen molar-refractivity contribution in [1.29, 1.82) is 0 Å². The van der Waals surface area contributed by atoms with Crippen LogP contribution in [0.15, 0.2) is 24.5 Å². The van der Waals surface area contributed by atoms with Crippen molar-refractivity contribution in [2.75, 3.05) is 0 Å². The highest BCUT2D eigenvalue weighted by atomic mass is 16.4. The molecule has 1 unspecified atom stereocenters. The van der Waals surface area contributed by atoms with E-state index in [-0.39, 0.29) is 18.4 Å². The predicted molar refractivity (Wildman–Crippen MR) is 71.0 cm³/mol. The highest BCUT2D eigenvalue weighted by Crippen LogP contribution is 2.22. The van der Waals surface area contributed by atoms with Crippen LogP contribution in [0.25, 0.3) is 0 Å². The average molecular weight is 275 g/mol. The number of aromatic nitrogens is 5. The largest absolute Gasteiger partial charge is 0.481 e. The Morgan fingerprint density at radius 2 is 2.05 bits per heavy atom. The monoisotopic (exact) mass is 275 g/mol. The van der Waals surface area contributed by atoms with Gasteiger partial charge in [-0.3, -0.25) is 9.78 Å². The maximum atomic E-state index is 11.0. The Morgan fingerprint density at radius 1 is 1.35 bits per heavy atom. The third-order valence-electron chi connectivity index (χ3n) is 3.14. The summed E-state index contributed by atoms with van der Waals surface area (Å²) in [6.07, 6.45) is 3.98. The zero-order valence-corrected chi connectivity index (χ0v) is 11.5. The molecule has 2 heterocycles. The molecule has 1 atom stereocenters. The molecule has 106 valence electrons. The summed E-state index contributed by atoms with van der Waals surface area (Å²) in [5.41, 5.74) is 1.04. The van der Waals surface area contributed by atoms with Crippen molar-refractivity contribution >= 4 is 5.97 Å². The van der Waals surface area contributed by atoms with Crippen LogP contribution in [0.3, 0.4) is 0 Å². The van der Waals surface area contributed by atoms with E-state index in [2.05, 4.69) is 20.5 Å². The smallest absolute Gasteiger partial charge is 0.305 e. The molecule has 1 N–H and O–H groups in total. The first-order valence-electron chi connectivity index (χ1n) is 6.45. The number of carbonyl (C=O) groups is 1. The van der Waals surface area contributed by atoms with E-state index >= 15 is 0 Å². The molecule has 0 spiro atoms. The van der Waals surface area contributed by atoms with Crippen molar-refractivity contribution in [3.63, 3.8) is 0 Å². The average Bonchev–Trinajstić information content (AvgIpc) is 2.84. The van der Waals surface area contributed by atoms with Gasteiger partial charge in [-0.05, 0) is 34.0 Å². The first-order valence-corrected chi connectivity index (χ1v) is 6.45. The van der Waals surface area contributed by atoms with Crippen LogP contribution in [0, 0.1) is 5.92 Å². The van der Waals surface area contributed by atoms with E-state index in [0.29, 0.717) is 12.2 Å². The molecule has 7 nitrogen and oxygen atoms in total. The van der Waals surface area contributed by atoms with Gasteiger partial charge < -0.3 is 5.11 Å². The van der Waals surface area contributed by atoms with Crippen LogP contribution in [0.4, 0.5) is 0 Å². The molecule has 2 rings (SSSR count). The molecule has 0 aliphatic carbocycles. The summed E-state index contributed by atoms with van der Waals surface area (Å²) >= 11 is 0. The fourth-order valence-corrected chi connectivity index (χ4v) is 2.05. The lowest BCUT2D eigenvalue weighted by atomic mass is 10.0. The van der Waals surface area contributed by atoms with Gasteiger partial charge in [-0.1, -0.05) is 13.8 Å². The van der Waals surface area contributed by atoms with Gasteiger partial charge in [0.05, 0.1) is 12.5 Å². The van der Waals surface area contributed by atoms with Crippen LogP contribution in [-0.4, -0.2) is 36.3 Å². The fraction of sp³-hybridized carbons (Fsp3) is 0.462. The number of carboxylic acids is 1. The number of nitrogens with zero attached hydrogens (tertiary/aromatic N) is 5. The molecular formula is C13H17N5O2. The van der Waals surface area contributed by atoms with Gasteiger partial charge in [-0.2, -0.15) is 0 Å². The molecule has 0 aromatic carbocycles. The number of rotatable bonds is 6. The van der Waals surface area contributed by atoms with Gasteiger partial charge in [0.15, 0.2) is 5.82 Å². The zero-order chi connectivity index (χ0) is 14.5. The van der Waals surface area contributed by atoms with E-state index < -0.39 is 5.97 Å². The molecule has 0 fully saturated rings. The molecule has 0 aliphatic rings. The standard InChI is InChI=1S/C13H17N5O2/c1-9(2)11(8-13(19)20)18-12(15-16-17-18)7-10-3-5-14-6-4-10/h3-6,9,11H,7-8H2,1-2H3,(H,19,20). The van der Waals surface area contributed by atoms with Gasteiger partial charge in [0.1, 0.15) is 0 Å². The Hall–Kier alpha value is -2.31. The van der Waals surface area contributed by atoms with Gasteiger partial charge in [0.25, 0.3) is 0 Å². The van der Waals surface area contributed by atoms with Gasteiger partial charge in [0.2, 0.25) is 0 Å². The number of hydrogen-bond acceptors (Lipinski definition) is 5. The fourth-order valence-electron chi connectivity index (χ4n) is 2.05. The van der Waals surface area contributed by atoms with E-state index in [1.54, 1.807) is 17.1 Å². The molecule has 0 bridgehead atoms. The molecule has 0 saturated carbocycles. The second-order valence-corrected chi connectivity index (χ2v) is 4.98. The molecule has 0 aliphatic heterocycles. The number of pyridine rings is 1. The normalized spacial score (nSPS) is 12.6. The third kappa shape index (κ3) is 3.37. The molecule has 7 heteroatoms. The molecule has 20 heavy (non-hydrogen) atoms. The van der Waals surface area contributed by atoms with Crippen molar-refractivity contribution < 1.29 is 9.90 Å². The Bertz CT molecular complexity index is 567. The Labute approximate surface area is 116 Å². The van der Waals surface area contributed by atoms with E-state index in [1.165, 1.54) is 0 Å². The van der Waals surface area contributed by atoms with Crippen LogP contribution >= 0.6 is 0 Å². The highest BCUT2D eigenvalue weighted by Gasteiger charge is 2.23. The Kier molecular flexibility index (Phi) is 4.39. The molecule has 0 radical (unpaired) electrons. The summed E-state index contributed by atoms with van der Waals surface area (Å²) in [5, 5.41) is 20.7. The van der Waals surface area contributed by atoms with E-state index in [9.17, 15) is 4.79 Å².